The maximum atomic E-state index is 13.0. The van der Waals surface area contributed by atoms with E-state index in [4.69, 9.17) is 9.47 Å². The first-order chi connectivity index (χ1) is 14.5. The van der Waals surface area contributed by atoms with E-state index in [1.54, 1.807) is 54.6 Å². The molecule has 4 rings (SSSR count). The van der Waals surface area contributed by atoms with Crippen LogP contribution in [0.15, 0.2) is 95.9 Å². The first-order valence-corrected chi connectivity index (χ1v) is 11.1. The minimum Gasteiger partial charge on any atom is -0.450 e. The number of hydrogen-bond donors (Lipinski definition) is 1. The number of rotatable bonds is 6. The molecular weight excluding hydrogens is 402 g/mol. The number of sulfonamides is 1. The van der Waals surface area contributed by atoms with Crippen LogP contribution in [0.5, 0.6) is 11.5 Å². The Hall–Kier alpha value is -2.87. The molecule has 1 N–H and O–H groups in total. The highest BCUT2D eigenvalue weighted by Crippen LogP contribution is 2.34. The number of para-hydroxylation sites is 2. The largest absolute Gasteiger partial charge is 0.450 e. The zero-order valence-corrected chi connectivity index (χ0v) is 17.1. The highest BCUT2D eigenvalue weighted by molar-refractivity contribution is 7.89. The van der Waals surface area contributed by atoms with Gasteiger partial charge in [-0.2, -0.15) is 4.31 Å². The smallest absolute Gasteiger partial charge is 0.279 e. The highest BCUT2D eigenvalue weighted by atomic mass is 32.2. The zero-order chi connectivity index (χ0) is 21.0. The van der Waals surface area contributed by atoms with Crippen LogP contribution in [0.2, 0.25) is 0 Å². The standard InChI is InChI=1S/C23H23NO5S/c25-22-18-24(30(26,27)21-14-8-3-9-15-21)17-16-23(22,28-19-10-4-1-5-11-19)29-20-12-6-2-7-13-20/h1-15,22,25H,16-18H2. The van der Waals surface area contributed by atoms with E-state index in [-0.39, 0.29) is 24.4 Å². The summed E-state index contributed by atoms with van der Waals surface area (Å²) in [6, 6.07) is 26.3. The van der Waals surface area contributed by atoms with Crippen molar-refractivity contribution >= 4 is 10.0 Å². The molecule has 0 bridgehead atoms. The molecule has 0 spiro atoms. The Morgan fingerprint density at radius 3 is 1.73 bits per heavy atom. The molecule has 0 radical (unpaired) electrons. The van der Waals surface area contributed by atoms with Gasteiger partial charge in [0.15, 0.2) is 0 Å². The lowest BCUT2D eigenvalue weighted by Gasteiger charge is -2.44. The van der Waals surface area contributed by atoms with Gasteiger partial charge in [-0.1, -0.05) is 54.6 Å². The van der Waals surface area contributed by atoms with Crippen LogP contribution in [0.4, 0.5) is 0 Å². The lowest BCUT2D eigenvalue weighted by molar-refractivity contribution is -0.206. The zero-order valence-electron chi connectivity index (χ0n) is 16.3. The van der Waals surface area contributed by atoms with Crippen LogP contribution in [-0.2, 0) is 10.0 Å². The van der Waals surface area contributed by atoms with Crippen molar-refractivity contribution in [2.45, 2.75) is 23.2 Å². The fourth-order valence-corrected chi connectivity index (χ4v) is 4.93. The number of aliphatic hydroxyl groups is 1. The number of aliphatic hydroxyl groups excluding tert-OH is 1. The minimum absolute atomic E-state index is 0.142. The number of β-amino-alcohol motifs (C(OH)–C–C–N with tert-alkyl or cyclic N) is 1. The van der Waals surface area contributed by atoms with E-state index in [2.05, 4.69) is 0 Å². The molecule has 7 heteroatoms. The lowest BCUT2D eigenvalue weighted by atomic mass is 10.0. The molecule has 0 aromatic heterocycles. The van der Waals surface area contributed by atoms with Gasteiger partial charge in [0.2, 0.25) is 10.0 Å². The summed E-state index contributed by atoms with van der Waals surface area (Å²) in [6.45, 7) is 0.00481. The predicted molar refractivity (Wildman–Crippen MR) is 113 cm³/mol. The van der Waals surface area contributed by atoms with E-state index in [9.17, 15) is 13.5 Å². The van der Waals surface area contributed by atoms with E-state index in [1.807, 2.05) is 36.4 Å². The Morgan fingerprint density at radius 2 is 1.27 bits per heavy atom. The Kier molecular flexibility index (Phi) is 5.76. The molecule has 1 unspecified atom stereocenters. The third kappa shape index (κ3) is 4.18. The highest BCUT2D eigenvalue weighted by Gasteiger charge is 2.49. The first-order valence-electron chi connectivity index (χ1n) is 9.71. The summed E-state index contributed by atoms with van der Waals surface area (Å²) in [4.78, 5) is 0.192. The van der Waals surface area contributed by atoms with Crippen molar-refractivity contribution in [1.29, 1.82) is 0 Å². The van der Waals surface area contributed by atoms with Crippen molar-refractivity contribution in [2.75, 3.05) is 13.1 Å². The SMILES string of the molecule is O=S(=O)(c1ccccc1)N1CCC(Oc2ccccc2)(Oc2ccccc2)C(O)C1. The summed E-state index contributed by atoms with van der Waals surface area (Å²) in [5.74, 6) is -0.343. The fourth-order valence-electron chi connectivity index (χ4n) is 3.47. The van der Waals surface area contributed by atoms with Crippen LogP contribution < -0.4 is 9.47 Å². The molecule has 3 aromatic carbocycles. The molecule has 1 aliphatic heterocycles. The van der Waals surface area contributed by atoms with E-state index in [0.717, 1.165) is 0 Å². The average molecular weight is 426 g/mol. The van der Waals surface area contributed by atoms with Gasteiger partial charge in [-0.3, -0.25) is 0 Å². The van der Waals surface area contributed by atoms with Gasteiger partial charge < -0.3 is 14.6 Å². The van der Waals surface area contributed by atoms with Crippen LogP contribution in [0.25, 0.3) is 0 Å². The van der Waals surface area contributed by atoms with Crippen LogP contribution in [0.1, 0.15) is 6.42 Å². The molecule has 3 aromatic rings. The summed E-state index contributed by atoms with van der Waals surface area (Å²) in [5.41, 5.74) is 0. The molecule has 6 nitrogen and oxygen atoms in total. The van der Waals surface area contributed by atoms with Crippen molar-refractivity contribution < 1.29 is 23.0 Å². The summed E-state index contributed by atoms with van der Waals surface area (Å²) >= 11 is 0. The number of piperidine rings is 1. The van der Waals surface area contributed by atoms with E-state index >= 15 is 0 Å². The molecule has 0 amide bonds. The second kappa shape index (κ2) is 8.47. The topological polar surface area (TPSA) is 76.1 Å². The molecule has 30 heavy (non-hydrogen) atoms. The van der Waals surface area contributed by atoms with Gasteiger partial charge >= 0.3 is 0 Å². The Morgan fingerprint density at radius 1 is 0.800 bits per heavy atom. The molecule has 1 aliphatic rings. The van der Waals surface area contributed by atoms with Crippen LogP contribution in [-0.4, -0.2) is 42.8 Å². The number of ether oxygens (including phenoxy) is 2. The molecule has 1 fully saturated rings. The van der Waals surface area contributed by atoms with Gasteiger partial charge in [-0.15, -0.1) is 0 Å². The summed E-state index contributed by atoms with van der Waals surface area (Å²) in [6.07, 6.45) is -1.05. The van der Waals surface area contributed by atoms with Crippen LogP contribution >= 0.6 is 0 Å². The summed E-state index contributed by atoms with van der Waals surface area (Å²) < 4.78 is 39.5. The van der Waals surface area contributed by atoms with Gasteiger partial charge in [-0.05, 0) is 36.4 Å². The van der Waals surface area contributed by atoms with Crippen molar-refractivity contribution in [3.63, 3.8) is 0 Å². The first kappa shape index (κ1) is 20.4. The second-order valence-electron chi connectivity index (χ2n) is 7.08. The molecule has 0 saturated carbocycles. The Labute approximate surface area is 176 Å². The van der Waals surface area contributed by atoms with Crippen LogP contribution in [0.3, 0.4) is 0 Å². The molecule has 156 valence electrons. The number of benzene rings is 3. The van der Waals surface area contributed by atoms with Crippen molar-refractivity contribution in [1.82, 2.24) is 4.31 Å². The molecule has 1 heterocycles. The third-order valence-electron chi connectivity index (χ3n) is 5.04. The van der Waals surface area contributed by atoms with Gasteiger partial charge in [0.05, 0.1) is 4.90 Å². The Balaban J connectivity index is 1.62. The molecular formula is C23H23NO5S. The van der Waals surface area contributed by atoms with E-state index in [0.29, 0.717) is 11.5 Å². The molecule has 1 atom stereocenters. The van der Waals surface area contributed by atoms with E-state index in [1.165, 1.54) is 4.31 Å². The number of nitrogens with zero attached hydrogens (tertiary/aromatic N) is 1. The predicted octanol–water partition coefficient (Wildman–Crippen LogP) is 3.30. The quantitative estimate of drug-likeness (QED) is 0.614. The summed E-state index contributed by atoms with van der Waals surface area (Å²) in [7, 11) is -3.73. The third-order valence-corrected chi connectivity index (χ3v) is 6.92. The maximum absolute atomic E-state index is 13.0. The van der Waals surface area contributed by atoms with Gasteiger partial charge in [0.25, 0.3) is 5.79 Å². The maximum Gasteiger partial charge on any atom is 0.279 e. The summed E-state index contributed by atoms with van der Waals surface area (Å²) in [5, 5.41) is 11.1. The lowest BCUT2D eigenvalue weighted by Crippen LogP contribution is -2.62. The van der Waals surface area contributed by atoms with Gasteiger partial charge in [0, 0.05) is 19.5 Å². The van der Waals surface area contributed by atoms with Crippen LogP contribution in [0, 0.1) is 0 Å². The minimum atomic E-state index is -3.73. The number of hydrogen-bond acceptors (Lipinski definition) is 5. The van der Waals surface area contributed by atoms with Crippen molar-refractivity contribution in [3.05, 3.63) is 91.0 Å². The van der Waals surface area contributed by atoms with Gasteiger partial charge in [0.1, 0.15) is 17.6 Å². The monoisotopic (exact) mass is 425 g/mol. The second-order valence-corrected chi connectivity index (χ2v) is 9.02. The average Bonchev–Trinajstić information content (AvgIpc) is 2.77. The van der Waals surface area contributed by atoms with E-state index < -0.39 is 21.9 Å². The van der Waals surface area contributed by atoms with Gasteiger partial charge in [-0.25, -0.2) is 8.42 Å². The fraction of sp³-hybridized carbons (Fsp3) is 0.217. The van der Waals surface area contributed by atoms with Crippen molar-refractivity contribution in [2.24, 2.45) is 0 Å². The Bertz CT molecular complexity index is 1020. The van der Waals surface area contributed by atoms with Crippen molar-refractivity contribution in [3.8, 4) is 11.5 Å². The molecule has 1 saturated heterocycles. The normalized spacial score (nSPS) is 19.2. The molecule has 0 aliphatic carbocycles.